The number of hydrogen-bond donors (Lipinski definition) is 1. The molecule has 0 spiro atoms. The lowest BCUT2D eigenvalue weighted by molar-refractivity contribution is -0.0105. The van der Waals surface area contributed by atoms with Gasteiger partial charge in [0.15, 0.2) is 18.4 Å². The van der Waals surface area contributed by atoms with E-state index in [0.29, 0.717) is 30.4 Å². The van der Waals surface area contributed by atoms with Crippen LogP contribution in [0, 0.1) is 0 Å². The predicted octanol–water partition coefficient (Wildman–Crippen LogP) is 3.55. The van der Waals surface area contributed by atoms with Crippen LogP contribution in [0.1, 0.15) is 70.4 Å². The number of aliphatic hydroxyl groups excluding tert-OH is 1. The normalized spacial score (nSPS) is 13.4. The maximum absolute atomic E-state index is 10.9. The van der Waals surface area contributed by atoms with Gasteiger partial charge in [-0.2, -0.15) is 0 Å². The Kier molecular flexibility index (Phi) is 7.68. The number of nitrogens with zero attached hydrogens (tertiary/aromatic N) is 3. The molecule has 0 amide bonds. The fraction of sp³-hybridized carbons (Fsp3) is 0.591. The van der Waals surface area contributed by atoms with Crippen molar-refractivity contribution in [3.63, 3.8) is 0 Å². The van der Waals surface area contributed by atoms with Gasteiger partial charge in [-0.15, -0.1) is 0 Å². The highest BCUT2D eigenvalue weighted by Gasteiger charge is 2.32. The van der Waals surface area contributed by atoms with Gasteiger partial charge in [0, 0.05) is 35.9 Å². The molecule has 0 aliphatic rings. The molecule has 2 heterocycles. The van der Waals surface area contributed by atoms with E-state index in [1.165, 1.54) is 0 Å². The molecule has 0 aliphatic carbocycles. The molecule has 1 atom stereocenters. The number of methoxy groups -OCH3 is 1. The molecule has 0 fully saturated rings. The van der Waals surface area contributed by atoms with Crippen LogP contribution in [-0.2, 0) is 20.3 Å². The molecule has 7 heteroatoms. The predicted molar refractivity (Wildman–Crippen MR) is 111 cm³/mol. The Morgan fingerprint density at radius 1 is 1.00 bits per heavy atom. The van der Waals surface area contributed by atoms with Gasteiger partial charge in [-0.1, -0.05) is 47.6 Å². The number of rotatable bonds is 8. The minimum atomic E-state index is -0.974. The van der Waals surface area contributed by atoms with Crippen molar-refractivity contribution >= 4 is 0 Å². The van der Waals surface area contributed by atoms with Gasteiger partial charge in [-0.05, 0) is 6.07 Å². The summed E-state index contributed by atoms with van der Waals surface area (Å²) in [6.45, 7) is 13.3. The van der Waals surface area contributed by atoms with E-state index in [1.807, 2.05) is 6.07 Å². The second-order valence-electron chi connectivity index (χ2n) is 8.96. The Morgan fingerprint density at radius 3 is 2.10 bits per heavy atom. The quantitative estimate of drug-likeness (QED) is 0.533. The standard InChI is InChI=1S/C22H33N3O4/c1-21(2,3)18-17(29-14-28-12-11-27-7)19(22(4,5)6)25-20(24-18)16(26)15-9-8-10-23-13-15/h8-10,13,16,26H,11-12,14H2,1-7H3. The van der Waals surface area contributed by atoms with Crippen LogP contribution in [0.4, 0.5) is 0 Å². The van der Waals surface area contributed by atoms with Gasteiger partial charge >= 0.3 is 0 Å². The number of hydrogen-bond acceptors (Lipinski definition) is 7. The second kappa shape index (κ2) is 9.61. The molecule has 7 nitrogen and oxygen atoms in total. The van der Waals surface area contributed by atoms with Gasteiger partial charge in [0.2, 0.25) is 0 Å². The molecule has 2 rings (SSSR count). The zero-order valence-electron chi connectivity index (χ0n) is 18.5. The Morgan fingerprint density at radius 2 is 1.62 bits per heavy atom. The van der Waals surface area contributed by atoms with Gasteiger partial charge in [-0.3, -0.25) is 4.98 Å². The van der Waals surface area contributed by atoms with Crippen LogP contribution in [0.2, 0.25) is 0 Å². The molecule has 29 heavy (non-hydrogen) atoms. The third kappa shape index (κ3) is 6.19. The van der Waals surface area contributed by atoms with Crippen molar-refractivity contribution in [3.05, 3.63) is 47.3 Å². The fourth-order valence-electron chi connectivity index (χ4n) is 2.73. The third-order valence-corrected chi connectivity index (χ3v) is 4.27. The number of ether oxygens (including phenoxy) is 3. The van der Waals surface area contributed by atoms with Crippen LogP contribution in [0.3, 0.4) is 0 Å². The second-order valence-corrected chi connectivity index (χ2v) is 8.96. The smallest absolute Gasteiger partial charge is 0.189 e. The molecule has 0 saturated carbocycles. The summed E-state index contributed by atoms with van der Waals surface area (Å²) in [5, 5.41) is 10.9. The summed E-state index contributed by atoms with van der Waals surface area (Å²) in [6.07, 6.45) is 2.31. The molecule has 1 N–H and O–H groups in total. The monoisotopic (exact) mass is 403 g/mol. The summed E-state index contributed by atoms with van der Waals surface area (Å²) >= 11 is 0. The summed E-state index contributed by atoms with van der Waals surface area (Å²) in [5.41, 5.74) is 1.45. The van der Waals surface area contributed by atoms with Crippen LogP contribution < -0.4 is 4.74 Å². The average Bonchev–Trinajstić information content (AvgIpc) is 2.66. The Bertz CT molecular complexity index is 748. The van der Waals surface area contributed by atoms with E-state index in [0.717, 1.165) is 11.4 Å². The van der Waals surface area contributed by atoms with Crippen molar-refractivity contribution < 1.29 is 19.3 Å². The van der Waals surface area contributed by atoms with Gasteiger partial charge in [0.05, 0.1) is 24.6 Å². The number of pyridine rings is 1. The molecule has 0 radical (unpaired) electrons. The summed E-state index contributed by atoms with van der Waals surface area (Å²) < 4.78 is 16.5. The van der Waals surface area contributed by atoms with Crippen LogP contribution in [-0.4, -0.2) is 47.2 Å². The molecule has 0 aliphatic heterocycles. The molecular weight excluding hydrogens is 370 g/mol. The average molecular weight is 404 g/mol. The number of aliphatic hydroxyl groups is 1. The highest BCUT2D eigenvalue weighted by molar-refractivity contribution is 5.42. The number of aromatic nitrogens is 3. The zero-order valence-corrected chi connectivity index (χ0v) is 18.5. The van der Waals surface area contributed by atoms with Gasteiger partial charge in [-0.25, -0.2) is 9.97 Å². The SMILES string of the molecule is COCCOCOc1c(C(C)(C)C)nc(C(O)c2cccnc2)nc1C(C)(C)C. The zero-order chi connectivity index (χ0) is 21.7. The molecule has 160 valence electrons. The van der Waals surface area contributed by atoms with Crippen LogP contribution >= 0.6 is 0 Å². The molecule has 0 aromatic carbocycles. The highest BCUT2D eigenvalue weighted by atomic mass is 16.7. The lowest BCUT2D eigenvalue weighted by atomic mass is 9.85. The van der Waals surface area contributed by atoms with Crippen molar-refractivity contribution in [1.82, 2.24) is 15.0 Å². The highest BCUT2D eigenvalue weighted by Crippen LogP contribution is 2.38. The first kappa shape index (κ1) is 23.2. The Balaban J connectivity index is 2.51. The van der Waals surface area contributed by atoms with Gasteiger partial charge < -0.3 is 19.3 Å². The first-order chi connectivity index (χ1) is 13.6. The van der Waals surface area contributed by atoms with Gasteiger partial charge in [0.1, 0.15) is 6.10 Å². The summed E-state index contributed by atoms with van der Waals surface area (Å²) in [6, 6.07) is 3.59. The van der Waals surface area contributed by atoms with Crippen molar-refractivity contribution in [2.75, 3.05) is 27.1 Å². The van der Waals surface area contributed by atoms with Gasteiger partial charge in [0.25, 0.3) is 0 Å². The van der Waals surface area contributed by atoms with E-state index in [4.69, 9.17) is 24.2 Å². The van der Waals surface area contributed by atoms with Crippen LogP contribution in [0.5, 0.6) is 5.75 Å². The topological polar surface area (TPSA) is 86.6 Å². The third-order valence-electron chi connectivity index (χ3n) is 4.27. The maximum Gasteiger partial charge on any atom is 0.189 e. The lowest BCUT2D eigenvalue weighted by Crippen LogP contribution is -2.26. The van der Waals surface area contributed by atoms with Crippen LogP contribution in [0.25, 0.3) is 0 Å². The summed E-state index contributed by atoms with van der Waals surface area (Å²) in [4.78, 5) is 13.5. The Hall–Kier alpha value is -2.09. The molecule has 2 aromatic heterocycles. The van der Waals surface area contributed by atoms with E-state index < -0.39 is 6.10 Å². The molecule has 2 aromatic rings. The first-order valence-electron chi connectivity index (χ1n) is 9.76. The minimum absolute atomic E-state index is 0.0728. The van der Waals surface area contributed by atoms with E-state index in [2.05, 4.69) is 46.5 Å². The van der Waals surface area contributed by atoms with E-state index in [1.54, 1.807) is 25.6 Å². The van der Waals surface area contributed by atoms with E-state index >= 15 is 0 Å². The van der Waals surface area contributed by atoms with Crippen molar-refractivity contribution in [3.8, 4) is 5.75 Å². The maximum atomic E-state index is 10.9. The summed E-state index contributed by atoms with van der Waals surface area (Å²) in [5.74, 6) is 0.935. The minimum Gasteiger partial charge on any atom is -0.464 e. The Labute approximate surface area is 173 Å². The first-order valence-corrected chi connectivity index (χ1v) is 9.76. The molecular formula is C22H33N3O4. The van der Waals surface area contributed by atoms with Crippen molar-refractivity contribution in [1.29, 1.82) is 0 Å². The molecule has 0 bridgehead atoms. The van der Waals surface area contributed by atoms with Crippen molar-refractivity contribution in [2.24, 2.45) is 0 Å². The van der Waals surface area contributed by atoms with E-state index in [9.17, 15) is 5.11 Å². The summed E-state index contributed by atoms with van der Waals surface area (Å²) in [7, 11) is 1.62. The molecule has 1 unspecified atom stereocenters. The fourth-order valence-corrected chi connectivity index (χ4v) is 2.73. The lowest BCUT2D eigenvalue weighted by Gasteiger charge is -2.29. The molecule has 0 saturated heterocycles. The van der Waals surface area contributed by atoms with Crippen LogP contribution in [0.15, 0.2) is 24.5 Å². The van der Waals surface area contributed by atoms with E-state index in [-0.39, 0.29) is 17.6 Å². The van der Waals surface area contributed by atoms with Crippen molar-refractivity contribution in [2.45, 2.75) is 58.5 Å². The largest absolute Gasteiger partial charge is 0.464 e.